The number of hydrogen-bond donors (Lipinski definition) is 1. The summed E-state index contributed by atoms with van der Waals surface area (Å²) in [5, 5.41) is 0. The van der Waals surface area contributed by atoms with Crippen molar-refractivity contribution in [3.63, 3.8) is 0 Å². The van der Waals surface area contributed by atoms with Crippen molar-refractivity contribution < 1.29 is 9.21 Å². The van der Waals surface area contributed by atoms with Crippen molar-refractivity contribution in [2.45, 2.75) is 25.4 Å². The van der Waals surface area contributed by atoms with Gasteiger partial charge in [0.05, 0.1) is 6.54 Å². The highest BCUT2D eigenvalue weighted by Gasteiger charge is 2.26. The van der Waals surface area contributed by atoms with Crippen molar-refractivity contribution in [2.24, 2.45) is 5.73 Å². The minimum atomic E-state index is -0.0516. The van der Waals surface area contributed by atoms with Crippen LogP contribution in [0.2, 0.25) is 0 Å². The third-order valence-corrected chi connectivity index (χ3v) is 3.63. The van der Waals surface area contributed by atoms with Gasteiger partial charge in [0.2, 0.25) is 0 Å². The number of carbonyl (C=O) groups excluding carboxylic acids is 1. The van der Waals surface area contributed by atoms with Gasteiger partial charge in [0.25, 0.3) is 5.91 Å². The number of furan rings is 1. The lowest BCUT2D eigenvalue weighted by Crippen LogP contribution is -2.44. The second-order valence-electron chi connectivity index (χ2n) is 4.92. The molecule has 5 heteroatoms. The van der Waals surface area contributed by atoms with E-state index in [9.17, 15) is 4.79 Å². The summed E-state index contributed by atoms with van der Waals surface area (Å²) in [6, 6.07) is 3.77. The third-order valence-electron chi connectivity index (χ3n) is 3.63. The second kappa shape index (κ2) is 5.54. The van der Waals surface area contributed by atoms with Crippen LogP contribution in [-0.4, -0.2) is 48.9 Å². The summed E-state index contributed by atoms with van der Waals surface area (Å²) < 4.78 is 5.40. The highest BCUT2D eigenvalue weighted by Crippen LogP contribution is 2.17. The first-order valence-corrected chi connectivity index (χ1v) is 6.36. The normalized spacial score (nSPS) is 17.9. The van der Waals surface area contributed by atoms with E-state index in [1.54, 1.807) is 17.0 Å². The number of piperidine rings is 1. The molecule has 0 bridgehead atoms. The van der Waals surface area contributed by atoms with E-state index in [1.165, 1.54) is 0 Å². The van der Waals surface area contributed by atoms with Gasteiger partial charge in [0, 0.05) is 13.1 Å². The molecule has 0 atom stereocenters. The largest absolute Gasteiger partial charge is 0.455 e. The van der Waals surface area contributed by atoms with Crippen LogP contribution in [0.15, 0.2) is 16.5 Å². The van der Waals surface area contributed by atoms with Crippen LogP contribution in [0.4, 0.5) is 0 Å². The predicted molar refractivity (Wildman–Crippen MR) is 69.2 cm³/mol. The Morgan fingerprint density at radius 3 is 2.72 bits per heavy atom. The lowest BCUT2D eigenvalue weighted by molar-refractivity contribution is 0.0626. The van der Waals surface area contributed by atoms with E-state index in [4.69, 9.17) is 10.2 Å². The zero-order valence-electron chi connectivity index (χ0n) is 11.1. The molecule has 0 unspecified atom stereocenters. The Bertz CT molecular complexity index is 408. The van der Waals surface area contributed by atoms with Gasteiger partial charge in [-0.05, 0) is 45.1 Å². The Morgan fingerprint density at radius 2 is 2.17 bits per heavy atom. The highest BCUT2D eigenvalue weighted by atomic mass is 16.4. The summed E-state index contributed by atoms with van der Waals surface area (Å²) in [5.74, 6) is 0.983. The number of hydrogen-bond acceptors (Lipinski definition) is 4. The van der Waals surface area contributed by atoms with Gasteiger partial charge in [-0.2, -0.15) is 0 Å². The SMILES string of the molecule is CN1CCC(N(C)C(=O)c2ccc(CN)o2)CC1. The average Bonchev–Trinajstić information content (AvgIpc) is 2.86. The van der Waals surface area contributed by atoms with Crippen LogP contribution in [0.25, 0.3) is 0 Å². The van der Waals surface area contributed by atoms with Gasteiger partial charge in [-0.25, -0.2) is 0 Å². The summed E-state index contributed by atoms with van der Waals surface area (Å²) >= 11 is 0. The number of amides is 1. The summed E-state index contributed by atoms with van der Waals surface area (Å²) in [7, 11) is 3.96. The summed E-state index contributed by atoms with van der Waals surface area (Å²) in [6.45, 7) is 2.40. The molecule has 2 rings (SSSR count). The maximum absolute atomic E-state index is 12.2. The van der Waals surface area contributed by atoms with E-state index in [-0.39, 0.29) is 5.91 Å². The number of likely N-dealkylation sites (tertiary alicyclic amines) is 1. The Labute approximate surface area is 108 Å². The minimum absolute atomic E-state index is 0.0516. The van der Waals surface area contributed by atoms with Crippen LogP contribution >= 0.6 is 0 Å². The molecule has 1 aromatic heterocycles. The topological polar surface area (TPSA) is 62.7 Å². The van der Waals surface area contributed by atoms with Crippen molar-refractivity contribution in [3.05, 3.63) is 23.7 Å². The smallest absolute Gasteiger partial charge is 0.289 e. The van der Waals surface area contributed by atoms with Crippen molar-refractivity contribution in [1.82, 2.24) is 9.80 Å². The Balaban J connectivity index is 1.99. The van der Waals surface area contributed by atoms with Crippen LogP contribution in [0.3, 0.4) is 0 Å². The fraction of sp³-hybridized carbons (Fsp3) is 0.615. The van der Waals surface area contributed by atoms with E-state index in [2.05, 4.69) is 11.9 Å². The van der Waals surface area contributed by atoms with Crippen molar-refractivity contribution in [3.8, 4) is 0 Å². The van der Waals surface area contributed by atoms with E-state index in [1.807, 2.05) is 7.05 Å². The molecule has 0 aromatic carbocycles. The van der Waals surface area contributed by atoms with Crippen molar-refractivity contribution in [2.75, 3.05) is 27.2 Å². The van der Waals surface area contributed by atoms with E-state index in [0.29, 0.717) is 24.1 Å². The number of rotatable bonds is 3. The molecule has 1 aliphatic rings. The first-order valence-electron chi connectivity index (χ1n) is 6.36. The molecule has 100 valence electrons. The fourth-order valence-corrected chi connectivity index (χ4v) is 2.32. The van der Waals surface area contributed by atoms with Crippen LogP contribution < -0.4 is 5.73 Å². The number of nitrogens with two attached hydrogens (primary N) is 1. The maximum Gasteiger partial charge on any atom is 0.289 e. The molecule has 1 fully saturated rings. The van der Waals surface area contributed by atoms with Gasteiger partial charge >= 0.3 is 0 Å². The second-order valence-corrected chi connectivity index (χ2v) is 4.92. The molecule has 5 nitrogen and oxygen atoms in total. The Kier molecular flexibility index (Phi) is 4.04. The molecule has 0 aliphatic carbocycles. The van der Waals surface area contributed by atoms with Crippen LogP contribution in [-0.2, 0) is 6.54 Å². The van der Waals surface area contributed by atoms with Gasteiger partial charge in [-0.3, -0.25) is 4.79 Å². The van der Waals surface area contributed by atoms with Gasteiger partial charge in [0.15, 0.2) is 5.76 Å². The molecule has 2 heterocycles. The summed E-state index contributed by atoms with van der Waals surface area (Å²) in [6.07, 6.45) is 2.03. The molecular weight excluding hydrogens is 230 g/mol. The van der Waals surface area contributed by atoms with Crippen molar-refractivity contribution in [1.29, 1.82) is 0 Å². The predicted octanol–water partition coefficient (Wildman–Crippen LogP) is 0.904. The first-order chi connectivity index (χ1) is 8.61. The van der Waals surface area contributed by atoms with E-state index in [0.717, 1.165) is 25.9 Å². The third kappa shape index (κ3) is 2.73. The highest BCUT2D eigenvalue weighted by molar-refractivity contribution is 5.91. The quantitative estimate of drug-likeness (QED) is 0.867. The first kappa shape index (κ1) is 13.1. The summed E-state index contributed by atoms with van der Waals surface area (Å²) in [5.41, 5.74) is 5.47. The summed E-state index contributed by atoms with van der Waals surface area (Å²) in [4.78, 5) is 16.3. The van der Waals surface area contributed by atoms with Crippen LogP contribution in [0.5, 0.6) is 0 Å². The zero-order valence-corrected chi connectivity index (χ0v) is 11.1. The standard InChI is InChI=1S/C13H21N3O2/c1-15-7-5-10(6-8-15)16(2)13(17)12-4-3-11(9-14)18-12/h3-4,10H,5-9,14H2,1-2H3. The molecule has 1 amide bonds. The molecule has 1 aromatic rings. The van der Waals surface area contributed by atoms with Gasteiger partial charge in [0.1, 0.15) is 5.76 Å². The van der Waals surface area contributed by atoms with Crippen molar-refractivity contribution >= 4 is 5.91 Å². The molecule has 0 saturated carbocycles. The fourth-order valence-electron chi connectivity index (χ4n) is 2.32. The average molecular weight is 251 g/mol. The van der Waals surface area contributed by atoms with Gasteiger partial charge < -0.3 is 20.0 Å². The molecule has 1 aliphatic heterocycles. The van der Waals surface area contributed by atoms with E-state index >= 15 is 0 Å². The molecule has 1 saturated heterocycles. The molecule has 0 spiro atoms. The minimum Gasteiger partial charge on any atom is -0.455 e. The zero-order chi connectivity index (χ0) is 13.1. The Morgan fingerprint density at radius 1 is 1.50 bits per heavy atom. The molecule has 18 heavy (non-hydrogen) atoms. The molecule has 2 N–H and O–H groups in total. The molecular formula is C13H21N3O2. The van der Waals surface area contributed by atoms with Crippen LogP contribution in [0, 0.1) is 0 Å². The van der Waals surface area contributed by atoms with Crippen LogP contribution in [0.1, 0.15) is 29.2 Å². The molecule has 0 radical (unpaired) electrons. The lowest BCUT2D eigenvalue weighted by Gasteiger charge is -2.34. The van der Waals surface area contributed by atoms with Gasteiger partial charge in [-0.15, -0.1) is 0 Å². The Hall–Kier alpha value is -1.33. The number of carbonyl (C=O) groups is 1. The number of nitrogens with zero attached hydrogens (tertiary/aromatic N) is 2. The maximum atomic E-state index is 12.2. The van der Waals surface area contributed by atoms with E-state index < -0.39 is 0 Å². The lowest BCUT2D eigenvalue weighted by atomic mass is 10.0. The monoisotopic (exact) mass is 251 g/mol. The van der Waals surface area contributed by atoms with Gasteiger partial charge in [-0.1, -0.05) is 0 Å².